The van der Waals surface area contributed by atoms with E-state index in [2.05, 4.69) is 4.98 Å². The minimum atomic E-state index is -0.698. The summed E-state index contributed by atoms with van der Waals surface area (Å²) in [6.45, 7) is 1.62. The number of carbonyl (C=O) groups excluding carboxylic acids is 4. The molecule has 3 aliphatic carbocycles. The lowest BCUT2D eigenvalue weighted by atomic mass is 9.59. The number of hydrogen-bond donors (Lipinski definition) is 1. The van der Waals surface area contributed by atoms with Gasteiger partial charge in [-0.1, -0.05) is 42.0 Å². The molecule has 3 aromatic carbocycles. The van der Waals surface area contributed by atoms with E-state index in [1.165, 1.54) is 11.0 Å². The van der Waals surface area contributed by atoms with Gasteiger partial charge >= 0.3 is 0 Å². The highest BCUT2D eigenvalue weighted by Gasteiger charge is 2.56. The third-order valence-electron chi connectivity index (χ3n) is 9.48. The van der Waals surface area contributed by atoms with Gasteiger partial charge in [0.1, 0.15) is 11.3 Å². The predicted molar refractivity (Wildman–Crippen MR) is 161 cm³/mol. The Kier molecular flexibility index (Phi) is 5.71. The molecule has 4 atom stereocenters. The van der Waals surface area contributed by atoms with Crippen molar-refractivity contribution in [2.24, 2.45) is 17.8 Å². The van der Waals surface area contributed by atoms with Crippen molar-refractivity contribution in [2.75, 3.05) is 4.90 Å². The average molecular weight is 583 g/mol. The average Bonchev–Trinajstić information content (AvgIpc) is 3.58. The highest BCUT2D eigenvalue weighted by Crippen LogP contribution is 2.56. The standard InChI is InChI=1S/C36H26N2O6/c1-18-16-28(40)32-25(33(18)41)17-24-21(30(32)22-6-2-4-8-27(22)39)14-15-23-31(24)36(43)38(35(23)42)20-12-10-19(11-13-20)34-37-26-7-3-5-9-29(26)44-34/h2-14,16,23-24,30-31,39H,15,17H2,1H3/t23-,24+,30+,31-/m0/s1. The van der Waals surface area contributed by atoms with Gasteiger partial charge in [-0.2, -0.15) is 0 Å². The van der Waals surface area contributed by atoms with Crippen LogP contribution in [0.2, 0.25) is 0 Å². The van der Waals surface area contributed by atoms with Gasteiger partial charge in [0.2, 0.25) is 17.7 Å². The molecule has 8 rings (SSSR count). The SMILES string of the molecule is CC1=CC(=O)C2=C(C[C@@H]3C(=CC[C@@H]4C(=O)N(c5ccc(-c6nc7ccccc7o6)cc5)C(=O)[C@@H]43)[C@@H]2c2ccccc2O)C1=O. The summed E-state index contributed by atoms with van der Waals surface area (Å²) in [6, 6.07) is 21.2. The van der Waals surface area contributed by atoms with E-state index in [0.717, 1.165) is 11.1 Å². The van der Waals surface area contributed by atoms with Crippen LogP contribution in [0.15, 0.2) is 112 Å². The van der Waals surface area contributed by atoms with Gasteiger partial charge in [0, 0.05) is 33.8 Å². The number of oxazole rings is 1. The molecule has 1 fully saturated rings. The number of nitrogens with zero attached hydrogens (tertiary/aromatic N) is 2. The number of amides is 2. The summed E-state index contributed by atoms with van der Waals surface area (Å²) in [6.07, 6.45) is 3.81. The Morgan fingerprint density at radius 3 is 2.41 bits per heavy atom. The summed E-state index contributed by atoms with van der Waals surface area (Å²) in [4.78, 5) is 60.6. The van der Waals surface area contributed by atoms with E-state index < -0.39 is 23.7 Å². The molecule has 0 radical (unpaired) electrons. The molecule has 2 amide bonds. The van der Waals surface area contributed by atoms with Crippen molar-refractivity contribution in [3.8, 4) is 17.2 Å². The molecule has 0 saturated carbocycles. The number of imide groups is 1. The Hall–Kier alpha value is -5.37. The van der Waals surface area contributed by atoms with Crippen LogP contribution in [0, 0.1) is 17.8 Å². The zero-order chi connectivity index (χ0) is 30.3. The minimum absolute atomic E-state index is 0.00836. The number of benzene rings is 3. The predicted octanol–water partition coefficient (Wildman–Crippen LogP) is 5.83. The quantitative estimate of drug-likeness (QED) is 0.183. The molecule has 1 aliphatic heterocycles. The van der Waals surface area contributed by atoms with E-state index in [9.17, 15) is 24.3 Å². The Labute approximate surface area is 252 Å². The van der Waals surface area contributed by atoms with E-state index in [-0.39, 0.29) is 35.6 Å². The van der Waals surface area contributed by atoms with Crippen LogP contribution in [0.5, 0.6) is 5.75 Å². The summed E-state index contributed by atoms with van der Waals surface area (Å²) < 4.78 is 5.88. The number of ketones is 2. The van der Waals surface area contributed by atoms with Crippen molar-refractivity contribution in [1.29, 1.82) is 0 Å². The Bertz CT molecular complexity index is 2010. The second kappa shape index (κ2) is 9.57. The Morgan fingerprint density at radius 1 is 0.886 bits per heavy atom. The van der Waals surface area contributed by atoms with E-state index in [0.29, 0.717) is 51.4 Å². The molecule has 4 aromatic rings. The van der Waals surface area contributed by atoms with Gasteiger partial charge in [-0.05, 0) is 74.2 Å². The maximum atomic E-state index is 14.2. The number of aromatic nitrogens is 1. The summed E-state index contributed by atoms with van der Waals surface area (Å²) in [7, 11) is 0. The molecular formula is C36H26N2O6. The van der Waals surface area contributed by atoms with Crippen LogP contribution >= 0.6 is 0 Å². The largest absolute Gasteiger partial charge is 0.508 e. The Balaban J connectivity index is 1.17. The van der Waals surface area contributed by atoms with Crippen LogP contribution in [0.3, 0.4) is 0 Å². The first-order valence-electron chi connectivity index (χ1n) is 14.6. The molecule has 0 spiro atoms. The molecule has 4 aliphatic rings. The fourth-order valence-corrected chi connectivity index (χ4v) is 7.47. The lowest BCUT2D eigenvalue weighted by Gasteiger charge is -2.42. The number of phenols is 1. The van der Waals surface area contributed by atoms with Crippen LogP contribution in [0.4, 0.5) is 5.69 Å². The molecule has 216 valence electrons. The Morgan fingerprint density at radius 2 is 1.64 bits per heavy atom. The van der Waals surface area contributed by atoms with E-state index in [1.54, 1.807) is 55.5 Å². The number of fused-ring (bicyclic) bond motifs is 4. The molecular weight excluding hydrogens is 556 g/mol. The van der Waals surface area contributed by atoms with E-state index in [1.807, 2.05) is 30.3 Å². The normalized spacial score (nSPS) is 24.7. The fourth-order valence-electron chi connectivity index (χ4n) is 7.47. The van der Waals surface area contributed by atoms with Gasteiger partial charge < -0.3 is 9.52 Å². The number of phenolic OH excluding ortho intramolecular Hbond substituents is 1. The monoisotopic (exact) mass is 582 g/mol. The summed E-state index contributed by atoms with van der Waals surface area (Å²) >= 11 is 0. The van der Waals surface area contributed by atoms with Crippen molar-refractivity contribution in [2.45, 2.75) is 25.7 Å². The highest BCUT2D eigenvalue weighted by atomic mass is 16.3. The van der Waals surface area contributed by atoms with Crippen molar-refractivity contribution in [1.82, 2.24) is 4.98 Å². The van der Waals surface area contributed by atoms with Gasteiger partial charge in [-0.25, -0.2) is 4.98 Å². The molecule has 1 aromatic heterocycles. The molecule has 0 unspecified atom stereocenters. The maximum absolute atomic E-state index is 14.2. The molecule has 1 N–H and O–H groups in total. The van der Waals surface area contributed by atoms with E-state index in [4.69, 9.17) is 4.42 Å². The third kappa shape index (κ3) is 3.73. The second-order valence-electron chi connectivity index (χ2n) is 11.8. The summed E-state index contributed by atoms with van der Waals surface area (Å²) in [5.74, 6) is -3.10. The third-order valence-corrected chi connectivity index (χ3v) is 9.48. The van der Waals surface area contributed by atoms with Crippen LogP contribution < -0.4 is 4.90 Å². The lowest BCUT2D eigenvalue weighted by molar-refractivity contribution is -0.123. The molecule has 44 heavy (non-hydrogen) atoms. The number of allylic oxidation sites excluding steroid dienone is 6. The second-order valence-corrected chi connectivity index (χ2v) is 11.8. The van der Waals surface area contributed by atoms with Crippen molar-refractivity contribution < 1.29 is 28.7 Å². The number of hydrogen-bond acceptors (Lipinski definition) is 7. The lowest BCUT2D eigenvalue weighted by Crippen LogP contribution is -2.39. The number of para-hydroxylation sites is 3. The van der Waals surface area contributed by atoms with Gasteiger partial charge in [-0.15, -0.1) is 0 Å². The van der Waals surface area contributed by atoms with Crippen LogP contribution in [-0.4, -0.2) is 33.5 Å². The van der Waals surface area contributed by atoms with Gasteiger partial charge in [0.15, 0.2) is 17.1 Å². The zero-order valence-corrected chi connectivity index (χ0v) is 23.7. The van der Waals surface area contributed by atoms with Crippen LogP contribution in [-0.2, 0) is 19.2 Å². The van der Waals surface area contributed by atoms with Crippen molar-refractivity contribution in [3.63, 3.8) is 0 Å². The molecule has 2 heterocycles. The van der Waals surface area contributed by atoms with Gasteiger partial charge in [-0.3, -0.25) is 24.1 Å². The van der Waals surface area contributed by atoms with Crippen LogP contribution in [0.25, 0.3) is 22.6 Å². The topological polar surface area (TPSA) is 118 Å². The molecule has 8 nitrogen and oxygen atoms in total. The highest BCUT2D eigenvalue weighted by molar-refractivity contribution is 6.25. The number of carbonyl (C=O) groups is 4. The summed E-state index contributed by atoms with van der Waals surface area (Å²) in [5, 5.41) is 10.9. The first kappa shape index (κ1) is 26.3. The van der Waals surface area contributed by atoms with Gasteiger partial charge in [0.25, 0.3) is 0 Å². The summed E-state index contributed by atoms with van der Waals surface area (Å²) in [5.41, 5.74) is 4.94. The molecule has 0 bridgehead atoms. The molecule has 1 saturated heterocycles. The van der Waals surface area contributed by atoms with Crippen LogP contribution in [0.1, 0.15) is 31.2 Å². The maximum Gasteiger partial charge on any atom is 0.238 e. The van der Waals surface area contributed by atoms with Gasteiger partial charge in [0.05, 0.1) is 17.5 Å². The number of rotatable bonds is 3. The number of anilines is 1. The number of aromatic hydroxyl groups is 1. The first-order chi connectivity index (χ1) is 21.3. The zero-order valence-electron chi connectivity index (χ0n) is 23.7. The van der Waals surface area contributed by atoms with E-state index >= 15 is 0 Å². The van der Waals surface area contributed by atoms with Crippen molar-refractivity contribution >= 4 is 40.2 Å². The molecule has 8 heteroatoms. The fraction of sp³-hybridized carbons (Fsp3) is 0.194. The first-order valence-corrected chi connectivity index (χ1v) is 14.6. The smallest absolute Gasteiger partial charge is 0.238 e. The number of Topliss-reactive ketones (excluding diaryl/α,β-unsaturated/α-hetero) is 1. The minimum Gasteiger partial charge on any atom is -0.508 e. The van der Waals surface area contributed by atoms with Crippen molar-refractivity contribution in [3.05, 3.63) is 113 Å².